The van der Waals surface area contributed by atoms with Crippen molar-refractivity contribution < 1.29 is 10.3 Å². The minimum Gasteiger partial charge on any atom is -0.377 e. The second-order valence-corrected chi connectivity index (χ2v) is 2.65. The molecule has 0 aliphatic rings. The van der Waals surface area contributed by atoms with Crippen molar-refractivity contribution >= 4 is 0 Å². The van der Waals surface area contributed by atoms with Gasteiger partial charge in [-0.15, -0.1) is 0 Å². The molecule has 0 fully saturated rings. The summed E-state index contributed by atoms with van der Waals surface area (Å²) >= 11 is 0. The molecular formula is C6H15NO2. The topological polar surface area (TPSA) is 43.7 Å². The first kappa shape index (κ1) is 8.88. The Balaban J connectivity index is 3.38. The lowest BCUT2D eigenvalue weighted by Crippen LogP contribution is -2.32. The number of hydrogen-bond acceptors (Lipinski definition) is 3. The molecule has 0 spiro atoms. The predicted molar refractivity (Wildman–Crippen MR) is 35.0 cm³/mol. The van der Waals surface area contributed by atoms with Crippen LogP contribution < -0.4 is 0 Å². The van der Waals surface area contributed by atoms with Crippen LogP contribution in [0.15, 0.2) is 0 Å². The van der Waals surface area contributed by atoms with E-state index in [0.717, 1.165) is 5.06 Å². The Hall–Kier alpha value is -0.120. The molecule has 1 atom stereocenters. The van der Waals surface area contributed by atoms with Crippen LogP contribution in [0.5, 0.6) is 0 Å². The summed E-state index contributed by atoms with van der Waals surface area (Å²) in [6.07, 6.45) is -0.757. The minimum absolute atomic E-state index is 0.379. The first-order chi connectivity index (χ1) is 4.04. The van der Waals surface area contributed by atoms with E-state index >= 15 is 0 Å². The molecule has 9 heavy (non-hydrogen) atoms. The molecule has 0 aliphatic heterocycles. The summed E-state index contributed by atoms with van der Waals surface area (Å²) in [5, 5.41) is 18.5. The van der Waals surface area contributed by atoms with E-state index in [0.29, 0.717) is 12.5 Å². The van der Waals surface area contributed by atoms with Crippen molar-refractivity contribution in [2.24, 2.45) is 5.92 Å². The van der Waals surface area contributed by atoms with E-state index in [1.807, 2.05) is 13.8 Å². The van der Waals surface area contributed by atoms with Crippen LogP contribution in [0.1, 0.15) is 20.8 Å². The number of hydroxylamine groups is 2. The second kappa shape index (κ2) is 3.82. The SMILES string of the molecule is CC(C)CN(O)C(C)O. The molecule has 0 aromatic rings. The Bertz CT molecular complexity index is 73.5. The molecule has 3 nitrogen and oxygen atoms in total. The van der Waals surface area contributed by atoms with Gasteiger partial charge in [-0.05, 0) is 12.8 Å². The van der Waals surface area contributed by atoms with Crippen LogP contribution in [0.2, 0.25) is 0 Å². The zero-order valence-electron chi connectivity index (χ0n) is 6.20. The zero-order chi connectivity index (χ0) is 7.44. The number of aliphatic hydroxyl groups is 1. The third kappa shape index (κ3) is 4.39. The summed E-state index contributed by atoms with van der Waals surface area (Å²) in [7, 11) is 0. The molecule has 0 aromatic heterocycles. The van der Waals surface area contributed by atoms with Crippen LogP contribution in [0.25, 0.3) is 0 Å². The summed E-state index contributed by atoms with van der Waals surface area (Å²) in [4.78, 5) is 0. The van der Waals surface area contributed by atoms with Gasteiger partial charge in [0.1, 0.15) is 6.23 Å². The molecule has 56 valence electrons. The normalized spacial score (nSPS) is 15.0. The molecule has 2 N–H and O–H groups in total. The third-order valence-electron chi connectivity index (χ3n) is 0.984. The first-order valence-electron chi connectivity index (χ1n) is 3.17. The summed E-state index contributed by atoms with van der Waals surface area (Å²) in [6, 6.07) is 0. The predicted octanol–water partition coefficient (Wildman–Crippen LogP) is 0.672. The fourth-order valence-corrected chi connectivity index (χ4v) is 0.527. The van der Waals surface area contributed by atoms with E-state index in [9.17, 15) is 0 Å². The molecular weight excluding hydrogens is 118 g/mol. The van der Waals surface area contributed by atoms with Gasteiger partial charge in [0.25, 0.3) is 0 Å². The third-order valence-corrected chi connectivity index (χ3v) is 0.984. The number of aliphatic hydroxyl groups excluding tert-OH is 1. The molecule has 0 bridgehead atoms. The lowest BCUT2D eigenvalue weighted by Gasteiger charge is -2.19. The average molecular weight is 133 g/mol. The van der Waals surface area contributed by atoms with Gasteiger partial charge in [0.15, 0.2) is 0 Å². The fraction of sp³-hybridized carbons (Fsp3) is 1.00. The molecule has 0 aromatic carbocycles. The Morgan fingerprint density at radius 3 is 1.89 bits per heavy atom. The number of hydrogen-bond donors (Lipinski definition) is 2. The van der Waals surface area contributed by atoms with Gasteiger partial charge in [0.05, 0.1) is 0 Å². The van der Waals surface area contributed by atoms with E-state index in [1.165, 1.54) is 6.92 Å². The molecule has 0 radical (unpaired) electrons. The van der Waals surface area contributed by atoms with Gasteiger partial charge in [-0.2, -0.15) is 5.06 Å². The van der Waals surface area contributed by atoms with Crippen molar-refractivity contribution in [1.82, 2.24) is 5.06 Å². The fourth-order valence-electron chi connectivity index (χ4n) is 0.527. The van der Waals surface area contributed by atoms with E-state index in [2.05, 4.69) is 0 Å². The Morgan fingerprint density at radius 2 is 1.78 bits per heavy atom. The Kier molecular flexibility index (Phi) is 3.77. The monoisotopic (exact) mass is 133 g/mol. The van der Waals surface area contributed by atoms with Crippen LogP contribution in [-0.4, -0.2) is 28.1 Å². The van der Waals surface area contributed by atoms with Gasteiger partial charge in [-0.1, -0.05) is 13.8 Å². The van der Waals surface area contributed by atoms with E-state index in [-0.39, 0.29) is 0 Å². The van der Waals surface area contributed by atoms with Crippen molar-refractivity contribution in [3.63, 3.8) is 0 Å². The molecule has 0 saturated heterocycles. The lowest BCUT2D eigenvalue weighted by molar-refractivity contribution is -0.193. The number of nitrogens with zero attached hydrogens (tertiary/aromatic N) is 1. The first-order valence-corrected chi connectivity index (χ1v) is 3.17. The molecule has 1 unspecified atom stereocenters. The maximum absolute atomic E-state index is 8.88. The summed E-state index contributed by atoms with van der Waals surface area (Å²) in [5.74, 6) is 0.379. The molecule has 0 heterocycles. The van der Waals surface area contributed by atoms with Crippen LogP contribution in [0, 0.1) is 5.92 Å². The van der Waals surface area contributed by atoms with E-state index < -0.39 is 6.23 Å². The Labute approximate surface area is 55.9 Å². The summed E-state index contributed by atoms with van der Waals surface area (Å²) < 4.78 is 0. The zero-order valence-corrected chi connectivity index (χ0v) is 6.20. The van der Waals surface area contributed by atoms with Gasteiger partial charge >= 0.3 is 0 Å². The summed E-state index contributed by atoms with van der Waals surface area (Å²) in [5.41, 5.74) is 0. The smallest absolute Gasteiger partial charge is 0.126 e. The highest BCUT2D eigenvalue weighted by Crippen LogP contribution is 1.97. The number of rotatable bonds is 3. The Morgan fingerprint density at radius 1 is 1.33 bits per heavy atom. The van der Waals surface area contributed by atoms with Crippen LogP contribution in [-0.2, 0) is 0 Å². The van der Waals surface area contributed by atoms with Gasteiger partial charge in [0, 0.05) is 6.54 Å². The molecule has 0 amide bonds. The van der Waals surface area contributed by atoms with Gasteiger partial charge < -0.3 is 10.3 Å². The molecule has 3 heteroatoms. The molecule has 0 aliphatic carbocycles. The maximum atomic E-state index is 8.88. The lowest BCUT2D eigenvalue weighted by atomic mass is 10.2. The van der Waals surface area contributed by atoms with Gasteiger partial charge in [0.2, 0.25) is 0 Å². The van der Waals surface area contributed by atoms with Crippen molar-refractivity contribution in [3.05, 3.63) is 0 Å². The highest BCUT2D eigenvalue weighted by Gasteiger charge is 2.07. The van der Waals surface area contributed by atoms with Crippen molar-refractivity contribution in [2.75, 3.05) is 6.54 Å². The summed E-state index contributed by atoms with van der Waals surface area (Å²) in [6.45, 7) is 6.00. The van der Waals surface area contributed by atoms with Crippen molar-refractivity contribution in [2.45, 2.75) is 27.0 Å². The quantitative estimate of drug-likeness (QED) is 0.439. The van der Waals surface area contributed by atoms with E-state index in [1.54, 1.807) is 0 Å². The molecule has 0 rings (SSSR count). The van der Waals surface area contributed by atoms with Crippen LogP contribution in [0.3, 0.4) is 0 Å². The van der Waals surface area contributed by atoms with Crippen molar-refractivity contribution in [3.8, 4) is 0 Å². The van der Waals surface area contributed by atoms with Gasteiger partial charge in [-0.3, -0.25) is 0 Å². The largest absolute Gasteiger partial charge is 0.377 e. The van der Waals surface area contributed by atoms with Crippen LogP contribution >= 0.6 is 0 Å². The highest BCUT2D eigenvalue weighted by atomic mass is 16.5. The van der Waals surface area contributed by atoms with E-state index in [4.69, 9.17) is 10.3 Å². The minimum atomic E-state index is -0.757. The second-order valence-electron chi connectivity index (χ2n) is 2.65. The van der Waals surface area contributed by atoms with Crippen molar-refractivity contribution in [1.29, 1.82) is 0 Å². The molecule has 0 saturated carbocycles. The maximum Gasteiger partial charge on any atom is 0.126 e. The standard InChI is InChI=1S/C6H15NO2/c1-5(2)4-7(9)6(3)8/h5-6,8-9H,4H2,1-3H3. The van der Waals surface area contributed by atoms with Gasteiger partial charge in [-0.25, -0.2) is 0 Å². The van der Waals surface area contributed by atoms with Crippen LogP contribution in [0.4, 0.5) is 0 Å². The average Bonchev–Trinajstić information content (AvgIpc) is 1.63. The highest BCUT2D eigenvalue weighted by molar-refractivity contribution is 4.48.